The second kappa shape index (κ2) is 9.24. The molecule has 0 aliphatic carbocycles. The second-order valence-corrected chi connectivity index (χ2v) is 8.13. The van der Waals surface area contributed by atoms with Crippen LogP contribution in [-0.4, -0.2) is 39.5 Å². The molecule has 13 heteroatoms. The molecule has 2 amide bonds. The van der Waals surface area contributed by atoms with Gasteiger partial charge in [-0.3, -0.25) is 5.32 Å². The molecule has 4 aromatic rings. The summed E-state index contributed by atoms with van der Waals surface area (Å²) in [5.74, 6) is -0.00524. The number of aromatic nitrogens is 3. The fourth-order valence-corrected chi connectivity index (χ4v) is 3.09. The molecule has 0 fully saturated rings. The Balaban J connectivity index is 1.47. The molecular formula is C23H20F3N5O5. The molecule has 3 N–H and O–H groups in total. The van der Waals surface area contributed by atoms with Gasteiger partial charge in [0.05, 0.1) is 18.0 Å². The number of anilines is 2. The summed E-state index contributed by atoms with van der Waals surface area (Å²) in [7, 11) is 1.41. The molecule has 36 heavy (non-hydrogen) atoms. The first-order chi connectivity index (χ1) is 17.0. The highest BCUT2D eigenvalue weighted by Gasteiger charge is 2.51. The van der Waals surface area contributed by atoms with Crippen LogP contribution in [0.25, 0.3) is 10.9 Å². The van der Waals surface area contributed by atoms with Gasteiger partial charge in [0, 0.05) is 23.9 Å². The van der Waals surface area contributed by atoms with Crippen molar-refractivity contribution in [1.29, 1.82) is 0 Å². The van der Waals surface area contributed by atoms with E-state index in [0.29, 0.717) is 22.3 Å². The van der Waals surface area contributed by atoms with Crippen LogP contribution in [0.3, 0.4) is 0 Å². The molecule has 10 nitrogen and oxygen atoms in total. The highest BCUT2D eigenvalue weighted by atomic mass is 19.4. The Morgan fingerprint density at radius 3 is 2.58 bits per heavy atom. The number of benzene rings is 2. The van der Waals surface area contributed by atoms with E-state index in [1.54, 1.807) is 18.2 Å². The van der Waals surface area contributed by atoms with Crippen molar-refractivity contribution in [1.82, 2.24) is 15.1 Å². The number of carbonyl (C=O) groups excluding carboxylic acids is 1. The first kappa shape index (κ1) is 24.6. The van der Waals surface area contributed by atoms with Crippen molar-refractivity contribution >= 4 is 28.4 Å². The van der Waals surface area contributed by atoms with E-state index in [0.717, 1.165) is 19.9 Å². The zero-order valence-electron chi connectivity index (χ0n) is 19.2. The van der Waals surface area contributed by atoms with Crippen molar-refractivity contribution in [3.8, 4) is 23.1 Å². The van der Waals surface area contributed by atoms with Crippen LogP contribution >= 0.6 is 0 Å². The first-order valence-electron chi connectivity index (χ1n) is 10.4. The number of nitrogens with one attached hydrogen (secondary N) is 2. The number of ether oxygens (including phenoxy) is 2. The van der Waals surface area contributed by atoms with Gasteiger partial charge in [0.2, 0.25) is 5.88 Å². The number of urea groups is 1. The molecule has 0 atom stereocenters. The fourth-order valence-electron chi connectivity index (χ4n) is 3.09. The molecule has 0 radical (unpaired) electrons. The standard InChI is InChI=1S/C23H20F3N5O5/c1-22(2,23(24,25)26)18-10-19(31-36-18)30-21(33)29-12-5-4-6-13(7-12)35-20-14-8-17(34-3)16(32)9-15(14)27-11-28-20/h4-11,32H,1-3H3,(H2,29,30,31,33). The summed E-state index contributed by atoms with van der Waals surface area (Å²) in [6.07, 6.45) is -3.29. The summed E-state index contributed by atoms with van der Waals surface area (Å²) in [5.41, 5.74) is -1.54. The topological polar surface area (TPSA) is 132 Å². The third kappa shape index (κ3) is 4.94. The summed E-state index contributed by atoms with van der Waals surface area (Å²) < 4.78 is 55.3. The molecule has 0 saturated carbocycles. The summed E-state index contributed by atoms with van der Waals surface area (Å²) in [5, 5.41) is 18.8. The number of nitrogens with zero attached hydrogens (tertiary/aromatic N) is 3. The fraction of sp³-hybridized carbons (Fsp3) is 0.217. The minimum atomic E-state index is -4.56. The lowest BCUT2D eigenvalue weighted by Crippen LogP contribution is -2.35. The van der Waals surface area contributed by atoms with Crippen LogP contribution in [0.2, 0.25) is 0 Å². The van der Waals surface area contributed by atoms with Gasteiger partial charge >= 0.3 is 12.2 Å². The lowest BCUT2D eigenvalue weighted by molar-refractivity contribution is -0.185. The molecule has 0 unspecified atom stereocenters. The van der Waals surface area contributed by atoms with E-state index in [1.165, 1.54) is 31.6 Å². The van der Waals surface area contributed by atoms with Gasteiger partial charge in [-0.05, 0) is 32.0 Å². The van der Waals surface area contributed by atoms with Gasteiger partial charge in [0.15, 0.2) is 23.1 Å². The maximum atomic E-state index is 13.2. The second-order valence-electron chi connectivity index (χ2n) is 8.13. The Kier molecular flexibility index (Phi) is 6.31. The average Bonchev–Trinajstić information content (AvgIpc) is 3.27. The first-order valence-corrected chi connectivity index (χ1v) is 10.4. The number of halogens is 3. The number of fused-ring (bicyclic) bond motifs is 1. The van der Waals surface area contributed by atoms with E-state index < -0.39 is 23.4 Å². The van der Waals surface area contributed by atoms with Crippen LogP contribution in [0.15, 0.2) is 53.3 Å². The molecule has 2 aromatic heterocycles. The number of methoxy groups -OCH3 is 1. The maximum Gasteiger partial charge on any atom is 0.401 e. The van der Waals surface area contributed by atoms with Crippen LogP contribution in [0.4, 0.5) is 29.5 Å². The van der Waals surface area contributed by atoms with Crippen LogP contribution in [-0.2, 0) is 5.41 Å². The molecule has 0 spiro atoms. The quantitative estimate of drug-likeness (QED) is 0.309. The predicted octanol–water partition coefficient (Wildman–Crippen LogP) is 5.61. The van der Waals surface area contributed by atoms with Gasteiger partial charge < -0.3 is 24.4 Å². The van der Waals surface area contributed by atoms with E-state index in [4.69, 9.17) is 14.0 Å². The molecule has 188 valence electrons. The Morgan fingerprint density at radius 2 is 1.86 bits per heavy atom. The summed E-state index contributed by atoms with van der Waals surface area (Å²) in [4.78, 5) is 20.6. The highest BCUT2D eigenvalue weighted by Crippen LogP contribution is 2.41. The van der Waals surface area contributed by atoms with Crippen LogP contribution < -0.4 is 20.1 Å². The zero-order chi connectivity index (χ0) is 26.1. The molecular weight excluding hydrogens is 483 g/mol. The van der Waals surface area contributed by atoms with Crippen LogP contribution in [0, 0.1) is 0 Å². The Morgan fingerprint density at radius 1 is 1.08 bits per heavy atom. The summed E-state index contributed by atoms with van der Waals surface area (Å²) in [6, 6.07) is 9.51. The SMILES string of the molecule is COc1cc2c(Oc3cccc(NC(=O)Nc4cc(C(C)(C)C(F)(F)F)on4)c3)ncnc2cc1O. The predicted molar refractivity (Wildman–Crippen MR) is 122 cm³/mol. The number of alkyl halides is 3. The summed E-state index contributed by atoms with van der Waals surface area (Å²) in [6.45, 7) is 1.89. The van der Waals surface area contributed by atoms with Crippen molar-refractivity contribution in [2.75, 3.05) is 17.7 Å². The van der Waals surface area contributed by atoms with Gasteiger partial charge in [0.25, 0.3) is 0 Å². The van der Waals surface area contributed by atoms with Crippen molar-refractivity contribution in [3.63, 3.8) is 0 Å². The van der Waals surface area contributed by atoms with Crippen molar-refractivity contribution < 1.29 is 37.1 Å². The van der Waals surface area contributed by atoms with E-state index in [1.807, 2.05) is 0 Å². The summed E-state index contributed by atoms with van der Waals surface area (Å²) >= 11 is 0. The van der Waals surface area contributed by atoms with Gasteiger partial charge in [-0.1, -0.05) is 11.2 Å². The molecule has 0 aliphatic rings. The highest BCUT2D eigenvalue weighted by molar-refractivity contribution is 5.99. The molecule has 0 aliphatic heterocycles. The number of rotatable bonds is 6. The average molecular weight is 503 g/mol. The molecule has 0 bridgehead atoms. The molecule has 2 aromatic carbocycles. The number of phenols is 1. The Hall–Kier alpha value is -4.55. The largest absolute Gasteiger partial charge is 0.504 e. The molecule has 0 saturated heterocycles. The normalized spacial score (nSPS) is 11.8. The maximum absolute atomic E-state index is 13.2. The number of hydrogen-bond donors (Lipinski definition) is 3. The number of amides is 2. The van der Waals surface area contributed by atoms with E-state index in [-0.39, 0.29) is 23.2 Å². The van der Waals surface area contributed by atoms with E-state index in [9.17, 15) is 23.1 Å². The van der Waals surface area contributed by atoms with E-state index >= 15 is 0 Å². The van der Waals surface area contributed by atoms with Gasteiger partial charge in [0.1, 0.15) is 17.5 Å². The number of phenolic OH excluding ortho intramolecular Hbond substituents is 1. The molecule has 4 rings (SSSR count). The van der Waals surface area contributed by atoms with Crippen molar-refractivity contribution in [2.45, 2.75) is 25.4 Å². The van der Waals surface area contributed by atoms with Gasteiger partial charge in [-0.15, -0.1) is 0 Å². The minimum Gasteiger partial charge on any atom is -0.504 e. The Labute approximate surface area is 202 Å². The third-order valence-corrected chi connectivity index (χ3v) is 5.28. The number of carbonyl (C=O) groups is 1. The smallest absolute Gasteiger partial charge is 0.401 e. The van der Waals surface area contributed by atoms with E-state index in [2.05, 4.69) is 25.8 Å². The lowest BCUT2D eigenvalue weighted by Gasteiger charge is -2.24. The number of aromatic hydroxyl groups is 1. The lowest BCUT2D eigenvalue weighted by atomic mass is 9.89. The zero-order valence-corrected chi connectivity index (χ0v) is 19.2. The Bertz CT molecular complexity index is 1420. The van der Waals surface area contributed by atoms with Gasteiger partial charge in [-0.2, -0.15) is 13.2 Å². The van der Waals surface area contributed by atoms with Crippen molar-refractivity contribution in [2.24, 2.45) is 0 Å². The third-order valence-electron chi connectivity index (χ3n) is 5.28. The minimum absolute atomic E-state index is 0.0898. The van der Waals surface area contributed by atoms with Crippen LogP contribution in [0.1, 0.15) is 19.6 Å². The molecule has 2 heterocycles. The monoisotopic (exact) mass is 503 g/mol. The van der Waals surface area contributed by atoms with Crippen LogP contribution in [0.5, 0.6) is 23.1 Å². The number of hydrogen-bond acceptors (Lipinski definition) is 8. The van der Waals surface area contributed by atoms with Crippen molar-refractivity contribution in [3.05, 3.63) is 54.6 Å². The van der Waals surface area contributed by atoms with Gasteiger partial charge in [-0.25, -0.2) is 14.8 Å².